The van der Waals surface area contributed by atoms with Crippen LogP contribution in [0.4, 0.5) is 5.69 Å². The highest BCUT2D eigenvalue weighted by Gasteiger charge is 2.28. The Morgan fingerprint density at radius 2 is 1.58 bits per heavy atom. The maximum atomic E-state index is 13.0. The first-order chi connectivity index (χ1) is 15.8. The summed E-state index contributed by atoms with van der Waals surface area (Å²) < 4.78 is 27.7. The van der Waals surface area contributed by atoms with Crippen LogP contribution >= 0.6 is 0 Å². The van der Waals surface area contributed by atoms with Crippen LogP contribution in [-0.4, -0.2) is 26.3 Å². The second-order valence-electron chi connectivity index (χ2n) is 8.04. The van der Waals surface area contributed by atoms with Gasteiger partial charge in [0.05, 0.1) is 16.1 Å². The van der Waals surface area contributed by atoms with Crippen LogP contribution in [0, 0.1) is 6.92 Å². The molecular formula is C25H25N3O4S. The number of sulfonamides is 1. The smallest absolute Gasteiger partial charge is 0.255 e. The van der Waals surface area contributed by atoms with Crippen molar-refractivity contribution in [3.63, 3.8) is 0 Å². The predicted molar refractivity (Wildman–Crippen MR) is 127 cm³/mol. The maximum Gasteiger partial charge on any atom is 0.255 e. The van der Waals surface area contributed by atoms with E-state index in [9.17, 15) is 18.0 Å². The molecule has 4 rings (SSSR count). The van der Waals surface area contributed by atoms with Crippen molar-refractivity contribution >= 4 is 27.5 Å². The number of hydrogen-bond donors (Lipinski definition) is 3. The summed E-state index contributed by atoms with van der Waals surface area (Å²) in [6.45, 7) is 2.09. The lowest BCUT2D eigenvalue weighted by molar-refractivity contribution is 0.0951. The fourth-order valence-corrected chi connectivity index (χ4v) is 4.69. The molecule has 0 aliphatic heterocycles. The summed E-state index contributed by atoms with van der Waals surface area (Å²) in [6, 6.07) is 20.7. The Labute approximate surface area is 193 Å². The van der Waals surface area contributed by atoms with Gasteiger partial charge in [0.2, 0.25) is 10.0 Å². The molecule has 33 heavy (non-hydrogen) atoms. The van der Waals surface area contributed by atoms with Crippen molar-refractivity contribution < 1.29 is 18.0 Å². The van der Waals surface area contributed by atoms with Gasteiger partial charge in [0.15, 0.2) is 0 Å². The Bertz CT molecular complexity index is 1290. The molecule has 170 valence electrons. The first-order valence-corrected chi connectivity index (χ1v) is 12.2. The van der Waals surface area contributed by atoms with Crippen LogP contribution in [0.25, 0.3) is 0 Å². The molecular weight excluding hydrogens is 438 g/mol. The van der Waals surface area contributed by atoms with Gasteiger partial charge in [0, 0.05) is 18.2 Å². The Morgan fingerprint density at radius 3 is 2.30 bits per heavy atom. The molecule has 3 aromatic carbocycles. The van der Waals surface area contributed by atoms with Gasteiger partial charge in [-0.3, -0.25) is 9.59 Å². The highest BCUT2D eigenvalue weighted by molar-refractivity contribution is 7.89. The monoisotopic (exact) mass is 463 g/mol. The van der Waals surface area contributed by atoms with Crippen LogP contribution < -0.4 is 15.4 Å². The van der Waals surface area contributed by atoms with Crippen LogP contribution in [-0.2, 0) is 16.6 Å². The molecule has 0 saturated heterocycles. The molecule has 0 radical (unpaired) electrons. The first kappa shape index (κ1) is 22.7. The van der Waals surface area contributed by atoms with Gasteiger partial charge in [-0.1, -0.05) is 48.5 Å². The van der Waals surface area contributed by atoms with E-state index in [-0.39, 0.29) is 22.4 Å². The Balaban J connectivity index is 1.52. The van der Waals surface area contributed by atoms with Gasteiger partial charge in [-0.15, -0.1) is 0 Å². The topological polar surface area (TPSA) is 104 Å². The number of carbonyl (C=O) groups is 2. The molecule has 2 amide bonds. The zero-order chi connectivity index (χ0) is 23.4. The van der Waals surface area contributed by atoms with Gasteiger partial charge in [0.25, 0.3) is 11.8 Å². The molecule has 0 heterocycles. The summed E-state index contributed by atoms with van der Waals surface area (Å²) in [5.41, 5.74) is 2.48. The number of nitrogens with one attached hydrogen (secondary N) is 3. The first-order valence-electron chi connectivity index (χ1n) is 10.7. The quantitative estimate of drug-likeness (QED) is 0.475. The van der Waals surface area contributed by atoms with Gasteiger partial charge in [-0.25, -0.2) is 13.1 Å². The third-order valence-electron chi connectivity index (χ3n) is 5.38. The molecule has 3 N–H and O–H groups in total. The Hall–Kier alpha value is -3.49. The van der Waals surface area contributed by atoms with Crippen molar-refractivity contribution in [1.82, 2.24) is 10.0 Å². The summed E-state index contributed by atoms with van der Waals surface area (Å²) >= 11 is 0. The van der Waals surface area contributed by atoms with Crippen molar-refractivity contribution in [1.29, 1.82) is 0 Å². The van der Waals surface area contributed by atoms with Crippen molar-refractivity contribution in [2.24, 2.45) is 0 Å². The van der Waals surface area contributed by atoms with Crippen LogP contribution in [0.3, 0.4) is 0 Å². The van der Waals surface area contributed by atoms with Crippen LogP contribution in [0.5, 0.6) is 0 Å². The molecule has 0 aromatic heterocycles. The number of amides is 2. The number of aryl methyl sites for hydroxylation is 1. The highest BCUT2D eigenvalue weighted by atomic mass is 32.2. The van der Waals surface area contributed by atoms with E-state index in [2.05, 4.69) is 15.4 Å². The average molecular weight is 464 g/mol. The van der Waals surface area contributed by atoms with Crippen molar-refractivity contribution in [2.45, 2.75) is 37.2 Å². The predicted octanol–water partition coefficient (Wildman–Crippen LogP) is 3.62. The fourth-order valence-electron chi connectivity index (χ4n) is 3.35. The minimum atomic E-state index is -3.69. The molecule has 0 spiro atoms. The van der Waals surface area contributed by atoms with Gasteiger partial charge in [-0.05, 0) is 55.2 Å². The summed E-state index contributed by atoms with van der Waals surface area (Å²) in [5, 5.41) is 5.62. The molecule has 0 atom stereocenters. The van der Waals surface area contributed by atoms with E-state index in [1.165, 1.54) is 12.1 Å². The molecule has 0 unspecified atom stereocenters. The van der Waals surface area contributed by atoms with Gasteiger partial charge < -0.3 is 10.6 Å². The van der Waals surface area contributed by atoms with Crippen LogP contribution in [0.15, 0.2) is 77.7 Å². The van der Waals surface area contributed by atoms with E-state index in [1.807, 2.05) is 30.3 Å². The number of carbonyl (C=O) groups excluding carboxylic acids is 2. The Kier molecular flexibility index (Phi) is 6.57. The standard InChI is InChI=1S/C25H25N3O4S/c1-17-11-14-20(33(31,32)28-19-12-13-19)15-22(17)25(30)27-23-10-6-5-9-21(23)24(29)26-16-18-7-3-2-4-8-18/h2-11,14-15,19,28H,12-13,16H2,1H3,(H,26,29)(H,27,30). The van der Waals surface area contributed by atoms with E-state index < -0.39 is 15.9 Å². The number of hydrogen-bond acceptors (Lipinski definition) is 4. The highest BCUT2D eigenvalue weighted by Crippen LogP contribution is 2.24. The zero-order valence-corrected chi connectivity index (χ0v) is 19.0. The van der Waals surface area contributed by atoms with E-state index in [4.69, 9.17) is 0 Å². The lowest BCUT2D eigenvalue weighted by atomic mass is 10.1. The molecule has 3 aromatic rings. The molecule has 1 aliphatic rings. The summed E-state index contributed by atoms with van der Waals surface area (Å²) in [4.78, 5) is 25.9. The number of benzene rings is 3. The molecule has 1 saturated carbocycles. The zero-order valence-electron chi connectivity index (χ0n) is 18.2. The summed E-state index contributed by atoms with van der Waals surface area (Å²) in [6.07, 6.45) is 1.64. The fraction of sp³-hybridized carbons (Fsp3) is 0.200. The average Bonchev–Trinajstić information content (AvgIpc) is 3.62. The SMILES string of the molecule is Cc1ccc(S(=O)(=O)NC2CC2)cc1C(=O)Nc1ccccc1C(=O)NCc1ccccc1. The van der Waals surface area contributed by atoms with Crippen LogP contribution in [0.2, 0.25) is 0 Å². The molecule has 7 nitrogen and oxygen atoms in total. The van der Waals surface area contributed by atoms with Crippen molar-refractivity contribution in [3.8, 4) is 0 Å². The molecule has 1 fully saturated rings. The molecule has 0 bridgehead atoms. The second kappa shape index (κ2) is 9.56. The number of para-hydroxylation sites is 1. The van der Waals surface area contributed by atoms with Crippen molar-refractivity contribution in [2.75, 3.05) is 5.32 Å². The van der Waals surface area contributed by atoms with E-state index in [1.54, 1.807) is 37.3 Å². The largest absolute Gasteiger partial charge is 0.348 e. The van der Waals surface area contributed by atoms with Gasteiger partial charge in [-0.2, -0.15) is 0 Å². The minimum Gasteiger partial charge on any atom is -0.348 e. The Morgan fingerprint density at radius 1 is 0.879 bits per heavy atom. The normalized spacial score (nSPS) is 13.4. The lowest BCUT2D eigenvalue weighted by Crippen LogP contribution is -2.26. The van der Waals surface area contributed by atoms with Gasteiger partial charge >= 0.3 is 0 Å². The minimum absolute atomic E-state index is 0.0325. The molecule has 8 heteroatoms. The molecule has 1 aliphatic carbocycles. The number of anilines is 1. The third kappa shape index (κ3) is 5.66. The second-order valence-corrected chi connectivity index (χ2v) is 9.75. The third-order valence-corrected chi connectivity index (χ3v) is 6.90. The van der Waals surface area contributed by atoms with Crippen LogP contribution in [0.1, 0.15) is 44.7 Å². The summed E-state index contributed by atoms with van der Waals surface area (Å²) in [5.74, 6) is -0.810. The van der Waals surface area contributed by atoms with E-state index >= 15 is 0 Å². The maximum absolute atomic E-state index is 13.0. The van der Waals surface area contributed by atoms with Crippen molar-refractivity contribution in [3.05, 3.63) is 95.1 Å². The van der Waals surface area contributed by atoms with E-state index in [0.717, 1.165) is 18.4 Å². The lowest BCUT2D eigenvalue weighted by Gasteiger charge is -2.14. The number of rotatable bonds is 8. The van der Waals surface area contributed by atoms with E-state index in [0.29, 0.717) is 23.4 Å². The summed E-state index contributed by atoms with van der Waals surface area (Å²) in [7, 11) is -3.69. The van der Waals surface area contributed by atoms with Gasteiger partial charge in [0.1, 0.15) is 0 Å².